The highest BCUT2D eigenvalue weighted by atomic mass is 16.3. The number of aromatic nitrogens is 3. The Morgan fingerprint density at radius 2 is 2.04 bits per heavy atom. The molecular formula is C18H15N5O2. The largest absolute Gasteiger partial charge is 0.390 e. The van der Waals surface area contributed by atoms with Crippen LogP contribution in [0.5, 0.6) is 0 Å². The van der Waals surface area contributed by atoms with Gasteiger partial charge in [-0.25, -0.2) is 9.50 Å². The number of carbonyl (C=O) groups excluding carboxylic acids is 1. The van der Waals surface area contributed by atoms with Crippen molar-refractivity contribution in [2.45, 2.75) is 25.5 Å². The van der Waals surface area contributed by atoms with Gasteiger partial charge in [0, 0.05) is 12.2 Å². The molecule has 1 aromatic carbocycles. The van der Waals surface area contributed by atoms with Gasteiger partial charge in [-0.05, 0) is 30.0 Å². The van der Waals surface area contributed by atoms with Crippen LogP contribution >= 0.6 is 0 Å². The highest BCUT2D eigenvalue weighted by Gasteiger charge is 2.25. The minimum Gasteiger partial charge on any atom is -0.390 e. The number of aliphatic hydroxyl groups is 1. The summed E-state index contributed by atoms with van der Waals surface area (Å²) in [4.78, 5) is 16.8. The summed E-state index contributed by atoms with van der Waals surface area (Å²) >= 11 is 0. The van der Waals surface area contributed by atoms with Crippen LogP contribution in [-0.2, 0) is 19.4 Å². The normalized spacial score (nSPS) is 13.6. The standard InChI is InChI=1S/C18H15N5O2/c19-9-14-15(10-24)22-23-16(5-6-20-17(14)23)18(25)21-13-7-11-3-1-2-4-12(11)8-13/h1-6,13,24H,7-8,10H2,(H,21,25). The van der Waals surface area contributed by atoms with E-state index >= 15 is 0 Å². The third-order valence-electron chi connectivity index (χ3n) is 4.47. The van der Waals surface area contributed by atoms with Crippen LogP contribution in [0.15, 0.2) is 36.5 Å². The van der Waals surface area contributed by atoms with E-state index in [0.717, 1.165) is 12.8 Å². The van der Waals surface area contributed by atoms with Crippen LogP contribution in [0, 0.1) is 11.3 Å². The van der Waals surface area contributed by atoms with Crippen molar-refractivity contribution in [2.75, 3.05) is 0 Å². The molecule has 0 unspecified atom stereocenters. The molecule has 7 heteroatoms. The van der Waals surface area contributed by atoms with Gasteiger partial charge >= 0.3 is 0 Å². The average Bonchev–Trinajstić information content (AvgIpc) is 3.20. The third kappa shape index (κ3) is 2.53. The number of hydrogen-bond acceptors (Lipinski definition) is 5. The fourth-order valence-electron chi connectivity index (χ4n) is 3.31. The maximum Gasteiger partial charge on any atom is 0.270 e. The van der Waals surface area contributed by atoms with Gasteiger partial charge in [-0.15, -0.1) is 0 Å². The summed E-state index contributed by atoms with van der Waals surface area (Å²) in [5.74, 6) is -0.276. The van der Waals surface area contributed by atoms with Crippen molar-refractivity contribution in [1.82, 2.24) is 19.9 Å². The Morgan fingerprint density at radius 1 is 1.32 bits per heavy atom. The Labute approximate surface area is 143 Å². The summed E-state index contributed by atoms with van der Waals surface area (Å²) in [7, 11) is 0. The van der Waals surface area contributed by atoms with E-state index in [0.29, 0.717) is 0 Å². The Morgan fingerprint density at radius 3 is 2.68 bits per heavy atom. The summed E-state index contributed by atoms with van der Waals surface area (Å²) < 4.78 is 1.32. The lowest BCUT2D eigenvalue weighted by Crippen LogP contribution is -2.36. The van der Waals surface area contributed by atoms with Crippen molar-refractivity contribution in [1.29, 1.82) is 5.26 Å². The van der Waals surface area contributed by atoms with Crippen LogP contribution in [0.1, 0.15) is 32.9 Å². The molecule has 1 amide bonds. The maximum atomic E-state index is 12.7. The molecule has 0 fully saturated rings. The van der Waals surface area contributed by atoms with Crippen LogP contribution in [0.4, 0.5) is 0 Å². The van der Waals surface area contributed by atoms with Crippen molar-refractivity contribution in [3.63, 3.8) is 0 Å². The third-order valence-corrected chi connectivity index (χ3v) is 4.47. The smallest absolute Gasteiger partial charge is 0.270 e. The van der Waals surface area contributed by atoms with Gasteiger partial charge < -0.3 is 10.4 Å². The molecule has 0 saturated carbocycles. The summed E-state index contributed by atoms with van der Waals surface area (Å²) in [6.07, 6.45) is 3.05. The predicted molar refractivity (Wildman–Crippen MR) is 88.7 cm³/mol. The number of rotatable bonds is 3. The van der Waals surface area contributed by atoms with Crippen molar-refractivity contribution in [3.05, 3.63) is 64.6 Å². The fourth-order valence-corrected chi connectivity index (χ4v) is 3.31. The molecule has 124 valence electrons. The zero-order valence-electron chi connectivity index (χ0n) is 13.3. The van der Waals surface area contributed by atoms with Crippen LogP contribution in [0.2, 0.25) is 0 Å². The molecule has 0 radical (unpaired) electrons. The van der Waals surface area contributed by atoms with Crippen molar-refractivity contribution in [2.24, 2.45) is 0 Å². The van der Waals surface area contributed by atoms with E-state index in [2.05, 4.69) is 27.5 Å². The second kappa shape index (κ2) is 6.00. The molecule has 2 N–H and O–H groups in total. The van der Waals surface area contributed by atoms with Gasteiger partial charge in [0.15, 0.2) is 5.65 Å². The number of benzene rings is 1. The van der Waals surface area contributed by atoms with Gasteiger partial charge in [0.1, 0.15) is 23.0 Å². The summed E-state index contributed by atoms with van der Waals surface area (Å²) in [6, 6.07) is 11.7. The number of fused-ring (bicyclic) bond motifs is 2. The number of amides is 1. The van der Waals surface area contributed by atoms with E-state index in [9.17, 15) is 15.2 Å². The SMILES string of the molecule is N#Cc1c(CO)nn2c(C(=O)NC3Cc4ccccc4C3)ccnc12. The van der Waals surface area contributed by atoms with E-state index in [1.807, 2.05) is 18.2 Å². The first kappa shape index (κ1) is 15.3. The lowest BCUT2D eigenvalue weighted by molar-refractivity contribution is 0.0930. The molecule has 2 aromatic heterocycles. The Hall–Kier alpha value is -3.24. The number of nitrogens with zero attached hydrogens (tertiary/aromatic N) is 4. The van der Waals surface area contributed by atoms with Crippen LogP contribution in [0.3, 0.4) is 0 Å². The minimum atomic E-state index is -0.384. The zero-order chi connectivity index (χ0) is 17.4. The van der Waals surface area contributed by atoms with Gasteiger partial charge in [-0.1, -0.05) is 24.3 Å². The Bertz CT molecular complexity index is 993. The van der Waals surface area contributed by atoms with Crippen molar-refractivity contribution < 1.29 is 9.90 Å². The Balaban J connectivity index is 1.63. The molecule has 0 aliphatic heterocycles. The molecule has 3 aromatic rings. The highest BCUT2D eigenvalue weighted by Crippen LogP contribution is 2.22. The van der Waals surface area contributed by atoms with E-state index < -0.39 is 0 Å². The van der Waals surface area contributed by atoms with Crippen LogP contribution < -0.4 is 5.32 Å². The number of nitrogens with one attached hydrogen (secondary N) is 1. The van der Waals surface area contributed by atoms with E-state index in [-0.39, 0.29) is 41.2 Å². The maximum absolute atomic E-state index is 12.7. The topological polar surface area (TPSA) is 103 Å². The molecule has 7 nitrogen and oxygen atoms in total. The van der Waals surface area contributed by atoms with E-state index in [1.54, 1.807) is 6.07 Å². The molecule has 1 aliphatic rings. The second-order valence-electron chi connectivity index (χ2n) is 6.00. The molecule has 0 saturated heterocycles. The van der Waals surface area contributed by atoms with Gasteiger partial charge in [0.25, 0.3) is 5.91 Å². The van der Waals surface area contributed by atoms with Gasteiger partial charge in [-0.3, -0.25) is 4.79 Å². The zero-order valence-corrected chi connectivity index (χ0v) is 13.3. The lowest BCUT2D eigenvalue weighted by atomic mass is 10.1. The predicted octanol–water partition coefficient (Wildman–Crippen LogP) is 0.990. The first-order chi connectivity index (χ1) is 12.2. The van der Waals surface area contributed by atoms with Crippen LogP contribution in [-0.4, -0.2) is 31.7 Å². The quantitative estimate of drug-likeness (QED) is 0.744. The van der Waals surface area contributed by atoms with Gasteiger partial charge in [-0.2, -0.15) is 10.4 Å². The van der Waals surface area contributed by atoms with E-state index in [1.165, 1.54) is 21.8 Å². The van der Waals surface area contributed by atoms with Crippen molar-refractivity contribution >= 4 is 11.6 Å². The number of hydrogen-bond donors (Lipinski definition) is 2. The Kier molecular flexibility index (Phi) is 3.67. The molecule has 0 bridgehead atoms. The van der Waals surface area contributed by atoms with Crippen molar-refractivity contribution in [3.8, 4) is 6.07 Å². The van der Waals surface area contributed by atoms with Crippen LogP contribution in [0.25, 0.3) is 5.65 Å². The molecule has 2 heterocycles. The fraction of sp³-hybridized carbons (Fsp3) is 0.222. The highest BCUT2D eigenvalue weighted by molar-refractivity contribution is 5.93. The summed E-state index contributed by atoms with van der Waals surface area (Å²) in [5.41, 5.74) is 3.46. The number of carbonyl (C=O) groups is 1. The molecule has 0 spiro atoms. The first-order valence-electron chi connectivity index (χ1n) is 7.96. The van der Waals surface area contributed by atoms with Gasteiger partial charge in [0.2, 0.25) is 0 Å². The molecule has 0 atom stereocenters. The first-order valence-corrected chi connectivity index (χ1v) is 7.96. The average molecular weight is 333 g/mol. The molecule has 1 aliphatic carbocycles. The summed E-state index contributed by atoms with van der Waals surface area (Å²) in [5, 5.41) is 25.8. The molecule has 25 heavy (non-hydrogen) atoms. The number of aliphatic hydroxyl groups excluding tert-OH is 1. The van der Waals surface area contributed by atoms with E-state index in [4.69, 9.17) is 0 Å². The molecular weight excluding hydrogens is 318 g/mol. The lowest BCUT2D eigenvalue weighted by Gasteiger charge is -2.12. The minimum absolute atomic E-state index is 0.0245. The number of nitriles is 1. The summed E-state index contributed by atoms with van der Waals surface area (Å²) in [6.45, 7) is -0.384. The molecule has 4 rings (SSSR count). The second-order valence-corrected chi connectivity index (χ2v) is 6.00. The monoisotopic (exact) mass is 333 g/mol. The van der Waals surface area contributed by atoms with Gasteiger partial charge in [0.05, 0.1) is 6.61 Å².